The van der Waals surface area contributed by atoms with Gasteiger partial charge in [0.15, 0.2) is 12.6 Å². The van der Waals surface area contributed by atoms with Crippen LogP contribution in [0.4, 0.5) is 0 Å². The number of amides is 1. The quantitative estimate of drug-likeness (QED) is 0.0204. The van der Waals surface area contributed by atoms with Crippen molar-refractivity contribution in [1.82, 2.24) is 5.32 Å². The number of ether oxygens (including phenoxy) is 4. The van der Waals surface area contributed by atoms with E-state index in [0.717, 1.165) is 32.1 Å². The summed E-state index contributed by atoms with van der Waals surface area (Å²) in [5.41, 5.74) is 0. The summed E-state index contributed by atoms with van der Waals surface area (Å²) in [4.78, 5) is 13.4. The normalized spacial score (nSPS) is 22.5. The molecule has 14 heteroatoms. The summed E-state index contributed by atoms with van der Waals surface area (Å²) in [7, 11) is 0. The second kappa shape index (κ2) is 64.8. The zero-order chi connectivity index (χ0) is 68.0. The lowest BCUT2D eigenvalue weighted by atomic mass is 9.97. The van der Waals surface area contributed by atoms with Gasteiger partial charge in [-0.05, 0) is 32.1 Å². The fourth-order valence-corrected chi connectivity index (χ4v) is 13.7. The second-order valence-corrected chi connectivity index (χ2v) is 28.9. The first-order valence-corrected chi connectivity index (χ1v) is 40.6. The van der Waals surface area contributed by atoms with E-state index in [2.05, 4.69) is 31.3 Å². The third kappa shape index (κ3) is 47.5. The number of hydrogen-bond acceptors (Lipinski definition) is 13. The third-order valence-corrected chi connectivity index (χ3v) is 20.1. The van der Waals surface area contributed by atoms with Crippen molar-refractivity contribution in [1.29, 1.82) is 0 Å². The minimum atomic E-state index is -1.79. The Bertz CT molecular complexity index is 1670. The number of nitrogens with one attached hydrogen (secondary N) is 1. The Morgan fingerprint density at radius 1 is 0.372 bits per heavy atom. The summed E-state index contributed by atoms with van der Waals surface area (Å²) in [6, 6.07) is -0.930. The van der Waals surface area contributed by atoms with Gasteiger partial charge >= 0.3 is 0 Å². The average molecular weight is 1340 g/mol. The van der Waals surface area contributed by atoms with E-state index >= 15 is 0 Å². The van der Waals surface area contributed by atoms with Crippen LogP contribution in [0.5, 0.6) is 0 Å². The highest BCUT2D eigenvalue weighted by Crippen LogP contribution is 2.30. The molecule has 0 aliphatic carbocycles. The summed E-state index contributed by atoms with van der Waals surface area (Å²) in [5, 5.41) is 87.7. The number of unbranched alkanes of at least 4 members (excludes halogenated alkanes) is 54. The molecular weight excluding hydrogens is 1180 g/mol. The molecule has 2 aliphatic heterocycles. The lowest BCUT2D eigenvalue weighted by molar-refractivity contribution is -0.359. The van der Waals surface area contributed by atoms with Crippen molar-refractivity contribution in [2.75, 3.05) is 19.8 Å². The van der Waals surface area contributed by atoms with Crippen LogP contribution in [0.2, 0.25) is 0 Å². The van der Waals surface area contributed by atoms with E-state index in [4.69, 9.17) is 18.9 Å². The molecule has 2 saturated heterocycles. The number of rotatable bonds is 69. The molecule has 0 aromatic carbocycles. The van der Waals surface area contributed by atoms with Gasteiger partial charge in [0, 0.05) is 6.42 Å². The number of aliphatic hydroxyl groups is 8. The predicted octanol–water partition coefficient (Wildman–Crippen LogP) is 18.3. The van der Waals surface area contributed by atoms with E-state index in [1.807, 2.05) is 6.08 Å². The summed E-state index contributed by atoms with van der Waals surface area (Å²) in [6.07, 6.45) is 67.0. The molecule has 12 unspecified atom stereocenters. The van der Waals surface area contributed by atoms with E-state index in [-0.39, 0.29) is 18.9 Å². The van der Waals surface area contributed by atoms with Gasteiger partial charge in [-0.25, -0.2) is 0 Å². The topological polar surface area (TPSA) is 228 Å². The largest absolute Gasteiger partial charge is 0.394 e. The molecule has 0 radical (unpaired) electrons. The smallest absolute Gasteiger partial charge is 0.220 e. The Balaban J connectivity index is 1.62. The lowest BCUT2D eigenvalue weighted by Gasteiger charge is -2.46. The molecule has 2 heterocycles. The zero-order valence-corrected chi connectivity index (χ0v) is 61.0. The van der Waals surface area contributed by atoms with Gasteiger partial charge in [-0.3, -0.25) is 4.79 Å². The van der Waals surface area contributed by atoms with E-state index in [1.54, 1.807) is 6.08 Å². The van der Waals surface area contributed by atoms with Crippen molar-refractivity contribution in [2.24, 2.45) is 0 Å². The van der Waals surface area contributed by atoms with Gasteiger partial charge in [0.1, 0.15) is 48.8 Å². The molecule has 0 spiro atoms. The fraction of sp³-hybridized carbons (Fsp3) is 0.938. The molecule has 2 aliphatic rings. The molecule has 2 rings (SSSR count). The molecule has 0 aromatic rings. The fourth-order valence-electron chi connectivity index (χ4n) is 13.7. The first kappa shape index (κ1) is 88.6. The van der Waals surface area contributed by atoms with Crippen molar-refractivity contribution in [3.8, 4) is 0 Å². The zero-order valence-electron chi connectivity index (χ0n) is 61.0. The maximum absolute atomic E-state index is 13.4. The summed E-state index contributed by atoms with van der Waals surface area (Å²) >= 11 is 0. The molecule has 0 bridgehead atoms. The minimum absolute atomic E-state index is 0.240. The summed E-state index contributed by atoms with van der Waals surface area (Å²) in [5.74, 6) is -0.240. The number of carbonyl (C=O) groups excluding carboxylic acids is 1. The number of carbonyl (C=O) groups is 1. The second-order valence-electron chi connectivity index (χ2n) is 28.9. The van der Waals surface area contributed by atoms with Crippen LogP contribution in [0.25, 0.3) is 0 Å². The Morgan fingerprint density at radius 3 is 1.04 bits per heavy atom. The molecule has 556 valence electrons. The van der Waals surface area contributed by atoms with Crippen molar-refractivity contribution in [3.05, 3.63) is 24.3 Å². The van der Waals surface area contributed by atoms with E-state index in [1.165, 1.54) is 321 Å². The maximum Gasteiger partial charge on any atom is 0.220 e. The molecule has 2 fully saturated rings. The summed E-state index contributed by atoms with van der Waals surface area (Å²) < 4.78 is 22.9. The molecule has 0 saturated carbocycles. The van der Waals surface area contributed by atoms with Gasteiger partial charge in [0.25, 0.3) is 0 Å². The first-order valence-electron chi connectivity index (χ1n) is 40.6. The van der Waals surface area contributed by atoms with Crippen molar-refractivity contribution in [3.63, 3.8) is 0 Å². The molecule has 9 N–H and O–H groups in total. The summed E-state index contributed by atoms with van der Waals surface area (Å²) in [6.45, 7) is 2.86. The van der Waals surface area contributed by atoms with Crippen LogP contribution < -0.4 is 5.32 Å². The first-order chi connectivity index (χ1) is 46.1. The molecule has 0 aromatic heterocycles. The monoisotopic (exact) mass is 1340 g/mol. The van der Waals surface area contributed by atoms with Crippen molar-refractivity contribution in [2.45, 2.75) is 460 Å². The molecule has 94 heavy (non-hydrogen) atoms. The molecule has 12 atom stereocenters. The highest BCUT2D eigenvalue weighted by Gasteiger charge is 2.51. The van der Waals surface area contributed by atoms with Gasteiger partial charge < -0.3 is 65.1 Å². The van der Waals surface area contributed by atoms with Gasteiger partial charge in [-0.15, -0.1) is 0 Å². The number of hydrogen-bond donors (Lipinski definition) is 9. The van der Waals surface area contributed by atoms with E-state index in [9.17, 15) is 45.6 Å². The lowest BCUT2D eigenvalue weighted by Crippen LogP contribution is -2.65. The molecular formula is C80H153NO13. The van der Waals surface area contributed by atoms with E-state index in [0.29, 0.717) is 12.8 Å². The molecule has 14 nitrogen and oxygen atoms in total. The Labute approximate surface area is 577 Å². The van der Waals surface area contributed by atoms with Crippen LogP contribution in [0.3, 0.4) is 0 Å². The van der Waals surface area contributed by atoms with Gasteiger partial charge in [0.05, 0.1) is 32.0 Å². The van der Waals surface area contributed by atoms with Crippen LogP contribution in [0, 0.1) is 0 Å². The Hall–Kier alpha value is -1.53. The molecule has 1 amide bonds. The average Bonchev–Trinajstić information content (AvgIpc) is 0.794. The van der Waals surface area contributed by atoms with Gasteiger partial charge in [0.2, 0.25) is 5.91 Å². The third-order valence-electron chi connectivity index (χ3n) is 20.1. The SMILES string of the molecule is CCCCCCCCCCCCCCCCCCCCCCCCC/C=C/CC/C=C/C(O)C(COC1OC(CO)C(OC2OC(CO)C(O)C(O)C2O)C(O)C1O)NC(=O)CCCCCCCCCCCCCCCCCCCCCCCCCCCCCCCCC. The standard InChI is InChI=1S/C80H153NO13/c1-3-5-7-9-11-13-15-17-19-21-23-25-27-29-31-33-34-36-38-40-42-44-46-48-50-52-54-56-58-60-62-64-72(85)81-68(67-91-79-77(90)75(88)78(71(66-83)93-79)94-80-76(89)74(87)73(86)70(65-82)92-80)69(84)63-61-59-57-55-53-51-49-47-45-43-41-39-37-35-32-30-28-26-24-22-20-18-16-14-12-10-8-6-4-2/h53,55,61,63,68-71,73-80,82-84,86-90H,3-52,54,56-60,62,64-67H2,1-2H3,(H,81,85)/b55-53+,63-61+. The van der Waals surface area contributed by atoms with Crippen LogP contribution in [0.15, 0.2) is 24.3 Å². The van der Waals surface area contributed by atoms with Crippen molar-refractivity contribution >= 4 is 5.91 Å². The number of aliphatic hydroxyl groups excluding tert-OH is 8. The maximum atomic E-state index is 13.4. The highest BCUT2D eigenvalue weighted by molar-refractivity contribution is 5.76. The van der Waals surface area contributed by atoms with Crippen LogP contribution in [-0.2, 0) is 23.7 Å². The van der Waals surface area contributed by atoms with Crippen molar-refractivity contribution < 1.29 is 64.6 Å². The van der Waals surface area contributed by atoms with Crippen LogP contribution in [0.1, 0.15) is 386 Å². The predicted molar refractivity (Wildman–Crippen MR) is 388 cm³/mol. The van der Waals surface area contributed by atoms with Gasteiger partial charge in [-0.1, -0.05) is 372 Å². The van der Waals surface area contributed by atoms with Crippen LogP contribution >= 0.6 is 0 Å². The number of allylic oxidation sites excluding steroid dienone is 3. The van der Waals surface area contributed by atoms with E-state index < -0.39 is 86.8 Å². The minimum Gasteiger partial charge on any atom is -0.394 e. The Morgan fingerprint density at radius 2 is 0.681 bits per heavy atom. The highest BCUT2D eigenvalue weighted by atomic mass is 16.7. The van der Waals surface area contributed by atoms with Gasteiger partial charge in [-0.2, -0.15) is 0 Å². The Kier molecular flexibility index (Phi) is 61.1. The van der Waals surface area contributed by atoms with Crippen LogP contribution in [-0.4, -0.2) is 140 Å².